The van der Waals surface area contributed by atoms with E-state index in [0.29, 0.717) is 6.67 Å². The van der Waals surface area contributed by atoms with Gasteiger partial charge in [-0.15, -0.1) is 0 Å². The first-order valence-corrected chi connectivity index (χ1v) is 28.5. The summed E-state index contributed by atoms with van der Waals surface area (Å²) >= 11 is 0. The predicted molar refractivity (Wildman–Crippen MR) is 319 cm³/mol. The lowest BCUT2D eigenvalue weighted by molar-refractivity contribution is 0.568. The van der Waals surface area contributed by atoms with Gasteiger partial charge in [0.25, 0.3) is 0 Å². The molecule has 11 rings (SSSR count). The van der Waals surface area contributed by atoms with Crippen LogP contribution >= 0.6 is 0 Å². The lowest BCUT2D eigenvalue weighted by Crippen LogP contribution is -2.74. The van der Waals surface area contributed by atoms with Gasteiger partial charge >= 0.3 is 0 Å². The highest BCUT2D eigenvalue weighted by molar-refractivity contribution is 7.20. The van der Waals surface area contributed by atoms with Crippen molar-refractivity contribution in [3.05, 3.63) is 240 Å². The average Bonchev–Trinajstić information content (AvgIpc) is 3.95. The van der Waals surface area contributed by atoms with Gasteiger partial charge < -0.3 is 9.80 Å². The normalized spacial score (nSPS) is 13.5. The highest BCUT2D eigenvalue weighted by atomic mass is 28.3. The molecule has 1 aliphatic rings. The van der Waals surface area contributed by atoms with Crippen molar-refractivity contribution in [3.8, 4) is 5.82 Å². The van der Waals surface area contributed by atoms with Crippen LogP contribution in [0.4, 0.5) is 22.7 Å². The first kappa shape index (κ1) is 48.8. The number of nitrogens with zero attached hydrogens (tertiary/aromatic N) is 4. The number of benzene rings is 8. The first-order valence-electron chi connectivity index (χ1n) is 26.5. The standard InChI is InChI=1S/C69H70N4Si/c1-66(2,3)50-39-51(67(4,5)6)41-53(40-50)71-47-72(63-34-24-23-33-62(63)71)54-42-52(68(7,8)9)43-58(45-54)74(55-27-17-13-18-28-55,56-29-19-14-20-30-56)57-35-36-60-59-31-21-22-32-61(59)73(64(60)46-57)65-44-49(37-38-70-65)69(10,11)48-25-15-12-16-26-48/h12-46H,47H2,1-11H3. The smallest absolute Gasteiger partial charge is 0.179 e. The monoisotopic (exact) mass is 983 g/mol. The van der Waals surface area contributed by atoms with E-state index in [1.165, 1.54) is 82.1 Å². The largest absolute Gasteiger partial charge is 0.321 e. The number of pyridine rings is 1. The zero-order valence-electron chi connectivity index (χ0n) is 45.2. The molecule has 2 aromatic heterocycles. The number of rotatable bonds is 9. The predicted octanol–water partition coefficient (Wildman–Crippen LogP) is 15.0. The van der Waals surface area contributed by atoms with Crippen LogP contribution in [-0.4, -0.2) is 24.3 Å². The van der Waals surface area contributed by atoms with Gasteiger partial charge in [0, 0.05) is 33.8 Å². The molecule has 5 heteroatoms. The van der Waals surface area contributed by atoms with E-state index < -0.39 is 8.07 Å². The molecule has 0 fully saturated rings. The fraction of sp³-hybridized carbons (Fsp3) is 0.232. The summed E-state index contributed by atoms with van der Waals surface area (Å²) in [5, 5.41) is 7.78. The van der Waals surface area contributed by atoms with Crippen LogP contribution in [0.3, 0.4) is 0 Å². The Bertz CT molecular complexity index is 3610. The molecule has 0 spiro atoms. The number of hydrogen-bond donors (Lipinski definition) is 0. The fourth-order valence-corrected chi connectivity index (χ4v) is 16.3. The summed E-state index contributed by atoms with van der Waals surface area (Å²) in [6, 6.07) is 78.3. The Kier molecular flexibility index (Phi) is 12.0. The molecule has 370 valence electrons. The molecule has 0 N–H and O–H groups in total. The van der Waals surface area contributed by atoms with Crippen molar-refractivity contribution in [3.63, 3.8) is 0 Å². The SMILES string of the molecule is CC(C)(C)c1cc(N2CN(c3cc(C(C)(C)C)cc([Si](c4ccccc4)(c4ccccc4)c4ccc5c6ccccc6n(-c6cc(C(C)(C)c7ccccc7)ccn6)c5c4)c3)c3ccccc32)cc(C(C)(C)C)c1. The van der Waals surface area contributed by atoms with Gasteiger partial charge in [-0.3, -0.25) is 4.57 Å². The Hall–Kier alpha value is -7.47. The molecule has 0 amide bonds. The molecule has 3 heterocycles. The van der Waals surface area contributed by atoms with Gasteiger partial charge in [-0.2, -0.15) is 0 Å². The molecule has 0 radical (unpaired) electrons. The maximum Gasteiger partial charge on any atom is 0.179 e. The molecule has 10 aromatic rings. The molecule has 0 bridgehead atoms. The van der Waals surface area contributed by atoms with Crippen LogP contribution in [0.2, 0.25) is 0 Å². The third-order valence-electron chi connectivity index (χ3n) is 15.9. The van der Waals surface area contributed by atoms with Crippen molar-refractivity contribution in [2.75, 3.05) is 16.5 Å². The van der Waals surface area contributed by atoms with Gasteiger partial charge in [-0.25, -0.2) is 4.98 Å². The minimum absolute atomic E-state index is 0.00900. The van der Waals surface area contributed by atoms with Crippen LogP contribution in [-0.2, 0) is 21.7 Å². The molecular formula is C69H70N4Si. The summed E-state index contributed by atoms with van der Waals surface area (Å²) in [6.07, 6.45) is 1.99. The molecule has 0 saturated heterocycles. The molecule has 74 heavy (non-hydrogen) atoms. The van der Waals surface area contributed by atoms with Crippen LogP contribution in [0.5, 0.6) is 0 Å². The lowest BCUT2D eigenvalue weighted by atomic mass is 9.78. The number of para-hydroxylation sites is 3. The minimum atomic E-state index is -3.17. The Balaban J connectivity index is 1.16. The summed E-state index contributed by atoms with van der Waals surface area (Å²) in [5.74, 6) is 0.915. The van der Waals surface area contributed by atoms with Gasteiger partial charge in [0.1, 0.15) is 12.5 Å². The lowest BCUT2D eigenvalue weighted by Gasteiger charge is -2.37. The van der Waals surface area contributed by atoms with Crippen molar-refractivity contribution in [1.82, 2.24) is 9.55 Å². The highest BCUT2D eigenvalue weighted by Crippen LogP contribution is 2.46. The average molecular weight is 983 g/mol. The van der Waals surface area contributed by atoms with Gasteiger partial charge in [-0.1, -0.05) is 222 Å². The van der Waals surface area contributed by atoms with Crippen molar-refractivity contribution < 1.29 is 0 Å². The number of hydrogen-bond acceptors (Lipinski definition) is 3. The van der Waals surface area contributed by atoms with Crippen LogP contribution < -0.4 is 30.5 Å². The van der Waals surface area contributed by atoms with Gasteiger partial charge in [0.2, 0.25) is 0 Å². The third kappa shape index (κ3) is 8.45. The van der Waals surface area contributed by atoms with Crippen molar-refractivity contribution in [2.24, 2.45) is 0 Å². The molecule has 0 saturated carbocycles. The minimum Gasteiger partial charge on any atom is -0.321 e. The van der Waals surface area contributed by atoms with Crippen molar-refractivity contribution >= 4 is 73.4 Å². The van der Waals surface area contributed by atoms with E-state index in [1.807, 2.05) is 6.20 Å². The zero-order valence-corrected chi connectivity index (χ0v) is 46.2. The Morgan fingerprint density at radius 3 is 1.42 bits per heavy atom. The summed E-state index contributed by atoms with van der Waals surface area (Å²) < 4.78 is 2.42. The van der Waals surface area contributed by atoms with E-state index in [4.69, 9.17) is 4.98 Å². The molecule has 0 atom stereocenters. The van der Waals surface area contributed by atoms with Crippen LogP contribution in [0.1, 0.15) is 104 Å². The van der Waals surface area contributed by atoms with E-state index in [9.17, 15) is 0 Å². The maximum atomic E-state index is 5.19. The number of aromatic nitrogens is 2. The number of fused-ring (bicyclic) bond motifs is 4. The maximum absolute atomic E-state index is 5.19. The van der Waals surface area contributed by atoms with Crippen molar-refractivity contribution in [1.29, 1.82) is 0 Å². The zero-order chi connectivity index (χ0) is 51.8. The van der Waals surface area contributed by atoms with Crippen molar-refractivity contribution in [2.45, 2.75) is 97.8 Å². The molecular weight excluding hydrogens is 913 g/mol. The van der Waals surface area contributed by atoms with E-state index >= 15 is 0 Å². The Labute approximate surface area is 441 Å². The topological polar surface area (TPSA) is 24.3 Å². The molecule has 8 aromatic carbocycles. The second-order valence-electron chi connectivity index (χ2n) is 24.2. The second kappa shape index (κ2) is 18.2. The second-order valence-corrected chi connectivity index (χ2v) is 28.0. The quantitative estimate of drug-likeness (QED) is 0.106. The summed E-state index contributed by atoms with van der Waals surface area (Å²) in [7, 11) is -3.17. The number of anilines is 4. The van der Waals surface area contributed by atoms with Crippen LogP contribution in [0.15, 0.2) is 212 Å². The van der Waals surface area contributed by atoms with Gasteiger partial charge in [0.05, 0.1) is 22.4 Å². The van der Waals surface area contributed by atoms with Gasteiger partial charge in [0.15, 0.2) is 8.07 Å². The molecule has 0 unspecified atom stereocenters. The Morgan fingerprint density at radius 1 is 0.365 bits per heavy atom. The van der Waals surface area contributed by atoms with Crippen LogP contribution in [0.25, 0.3) is 27.6 Å². The first-order chi connectivity index (χ1) is 35.3. The highest BCUT2D eigenvalue weighted by Gasteiger charge is 2.43. The summed E-state index contributed by atoms with van der Waals surface area (Å²) in [6.45, 7) is 26.4. The van der Waals surface area contributed by atoms with E-state index in [0.717, 1.165) is 16.9 Å². The molecule has 1 aliphatic heterocycles. The van der Waals surface area contributed by atoms with E-state index in [-0.39, 0.29) is 21.7 Å². The van der Waals surface area contributed by atoms with E-state index in [2.05, 4.69) is 297 Å². The van der Waals surface area contributed by atoms with Crippen LogP contribution in [0, 0.1) is 0 Å². The summed E-state index contributed by atoms with van der Waals surface area (Å²) in [4.78, 5) is 10.3. The summed E-state index contributed by atoms with van der Waals surface area (Å²) in [5.41, 5.74) is 13.3. The molecule has 0 aliphatic carbocycles. The Morgan fingerprint density at radius 2 is 0.851 bits per heavy atom. The molecule has 4 nitrogen and oxygen atoms in total. The fourth-order valence-electron chi connectivity index (χ4n) is 11.5. The van der Waals surface area contributed by atoms with E-state index in [1.54, 1.807) is 0 Å². The van der Waals surface area contributed by atoms with Gasteiger partial charge in [-0.05, 0) is 125 Å². The third-order valence-corrected chi connectivity index (χ3v) is 20.7.